The van der Waals surface area contributed by atoms with Gasteiger partial charge in [0.1, 0.15) is 5.83 Å². The largest absolute Gasteiger partial charge is 0.207 e. The van der Waals surface area contributed by atoms with E-state index in [1.165, 1.54) is 6.08 Å². The third-order valence-electron chi connectivity index (χ3n) is 1.21. The molecule has 0 aromatic heterocycles. The Morgan fingerprint density at radius 2 is 2.22 bits per heavy atom. The molecule has 0 unspecified atom stereocenters. The van der Waals surface area contributed by atoms with Crippen molar-refractivity contribution in [2.75, 3.05) is 0 Å². The van der Waals surface area contributed by atoms with E-state index in [0.717, 1.165) is 18.4 Å². The molecule has 0 saturated carbocycles. The summed E-state index contributed by atoms with van der Waals surface area (Å²) in [5.74, 6) is -0.170. The molecule has 0 radical (unpaired) electrons. The van der Waals surface area contributed by atoms with Gasteiger partial charge in [0.15, 0.2) is 0 Å². The lowest BCUT2D eigenvalue weighted by Gasteiger charge is -1.95. The summed E-state index contributed by atoms with van der Waals surface area (Å²) in [6.07, 6.45) is 3.08. The fourth-order valence-corrected chi connectivity index (χ4v) is 0.669. The van der Waals surface area contributed by atoms with E-state index in [9.17, 15) is 4.39 Å². The van der Waals surface area contributed by atoms with Gasteiger partial charge >= 0.3 is 0 Å². The quantitative estimate of drug-likeness (QED) is 0.512. The molecule has 0 N–H and O–H groups in total. The molecule has 52 valence electrons. The molecule has 0 aliphatic carbocycles. The second kappa shape index (κ2) is 4.30. The summed E-state index contributed by atoms with van der Waals surface area (Å²) in [7, 11) is 0. The van der Waals surface area contributed by atoms with Gasteiger partial charge in [-0.3, -0.25) is 0 Å². The Labute approximate surface area is 56.1 Å². The Morgan fingerprint density at radius 3 is 2.56 bits per heavy atom. The zero-order chi connectivity index (χ0) is 7.28. The van der Waals surface area contributed by atoms with Crippen LogP contribution in [-0.4, -0.2) is 0 Å². The first-order chi connectivity index (χ1) is 4.22. The molecule has 0 atom stereocenters. The van der Waals surface area contributed by atoms with Crippen LogP contribution in [0.4, 0.5) is 4.39 Å². The van der Waals surface area contributed by atoms with Crippen LogP contribution in [0.5, 0.6) is 0 Å². The molecule has 0 spiro atoms. The number of halogens is 1. The van der Waals surface area contributed by atoms with Crippen LogP contribution in [0, 0.1) is 0 Å². The van der Waals surface area contributed by atoms with Crippen LogP contribution in [0.15, 0.2) is 24.1 Å². The predicted molar refractivity (Wildman–Crippen MR) is 38.9 cm³/mol. The first-order valence-corrected chi connectivity index (χ1v) is 3.20. The lowest BCUT2D eigenvalue weighted by molar-refractivity contribution is 0.643. The van der Waals surface area contributed by atoms with Gasteiger partial charge in [-0.05, 0) is 25.0 Å². The maximum absolute atomic E-state index is 12.5. The van der Waals surface area contributed by atoms with Crippen molar-refractivity contribution in [2.24, 2.45) is 0 Å². The van der Waals surface area contributed by atoms with E-state index in [-0.39, 0.29) is 5.83 Å². The van der Waals surface area contributed by atoms with Crippen molar-refractivity contribution in [1.29, 1.82) is 0 Å². The van der Waals surface area contributed by atoms with Gasteiger partial charge in [0, 0.05) is 0 Å². The first-order valence-electron chi connectivity index (χ1n) is 3.20. The van der Waals surface area contributed by atoms with Crippen LogP contribution in [-0.2, 0) is 0 Å². The van der Waals surface area contributed by atoms with Gasteiger partial charge in [0.25, 0.3) is 0 Å². The van der Waals surface area contributed by atoms with Crippen molar-refractivity contribution < 1.29 is 4.39 Å². The summed E-state index contributed by atoms with van der Waals surface area (Å²) in [5, 5.41) is 0. The van der Waals surface area contributed by atoms with Gasteiger partial charge in [-0.25, -0.2) is 4.39 Å². The van der Waals surface area contributed by atoms with Crippen LogP contribution in [0.1, 0.15) is 26.7 Å². The van der Waals surface area contributed by atoms with E-state index in [2.05, 4.69) is 6.58 Å². The van der Waals surface area contributed by atoms with Crippen LogP contribution >= 0.6 is 0 Å². The second-order valence-corrected chi connectivity index (χ2v) is 2.08. The lowest BCUT2D eigenvalue weighted by atomic mass is 10.1. The van der Waals surface area contributed by atoms with E-state index in [0.29, 0.717) is 0 Å². The third-order valence-corrected chi connectivity index (χ3v) is 1.21. The topological polar surface area (TPSA) is 0 Å². The maximum atomic E-state index is 12.5. The molecule has 0 aliphatic heterocycles. The average molecular weight is 128 g/mol. The fraction of sp³-hybridized carbons (Fsp3) is 0.500. The van der Waals surface area contributed by atoms with E-state index in [4.69, 9.17) is 0 Å². The second-order valence-electron chi connectivity index (χ2n) is 2.08. The molecule has 0 aromatic rings. The Kier molecular flexibility index (Phi) is 4.02. The normalized spacial score (nSPS) is 12.8. The van der Waals surface area contributed by atoms with E-state index < -0.39 is 0 Å². The van der Waals surface area contributed by atoms with Crippen LogP contribution < -0.4 is 0 Å². The fourth-order valence-electron chi connectivity index (χ4n) is 0.669. The minimum Gasteiger partial charge on any atom is -0.207 e. The Balaban J connectivity index is 3.93. The standard InChI is InChI=1S/C8H13F/c1-4-6-7(3)8(9)5-2/h5H,2,4,6H2,1,3H3/b8-7-. The molecule has 0 amide bonds. The van der Waals surface area contributed by atoms with Crippen molar-refractivity contribution in [2.45, 2.75) is 26.7 Å². The van der Waals surface area contributed by atoms with E-state index >= 15 is 0 Å². The van der Waals surface area contributed by atoms with Gasteiger partial charge in [0.05, 0.1) is 0 Å². The minimum absolute atomic E-state index is 0.170. The maximum Gasteiger partial charge on any atom is 0.121 e. The van der Waals surface area contributed by atoms with E-state index in [1.54, 1.807) is 6.92 Å². The molecule has 0 aromatic carbocycles. The number of hydrogen-bond acceptors (Lipinski definition) is 0. The molecule has 0 aliphatic rings. The SMILES string of the molecule is C=C/C(F)=C(\C)CCC. The first kappa shape index (κ1) is 8.41. The third kappa shape index (κ3) is 3.07. The summed E-state index contributed by atoms with van der Waals surface area (Å²) in [5.41, 5.74) is 0.799. The van der Waals surface area contributed by atoms with E-state index in [1.807, 2.05) is 6.92 Å². The Bertz CT molecular complexity index is 123. The number of rotatable bonds is 3. The van der Waals surface area contributed by atoms with Crippen molar-refractivity contribution in [3.05, 3.63) is 24.1 Å². The zero-order valence-electron chi connectivity index (χ0n) is 6.08. The highest BCUT2D eigenvalue weighted by atomic mass is 19.1. The van der Waals surface area contributed by atoms with Gasteiger partial charge in [-0.15, -0.1) is 0 Å². The lowest BCUT2D eigenvalue weighted by Crippen LogP contribution is -1.77. The van der Waals surface area contributed by atoms with Crippen molar-refractivity contribution in [1.82, 2.24) is 0 Å². The molecular formula is C8H13F. The highest BCUT2D eigenvalue weighted by molar-refractivity contribution is 5.15. The summed E-state index contributed by atoms with van der Waals surface area (Å²) >= 11 is 0. The number of hydrogen-bond donors (Lipinski definition) is 0. The summed E-state index contributed by atoms with van der Waals surface area (Å²) in [4.78, 5) is 0. The summed E-state index contributed by atoms with van der Waals surface area (Å²) in [6, 6.07) is 0. The smallest absolute Gasteiger partial charge is 0.121 e. The van der Waals surface area contributed by atoms with Crippen molar-refractivity contribution in [3.63, 3.8) is 0 Å². The van der Waals surface area contributed by atoms with Gasteiger partial charge in [-0.2, -0.15) is 0 Å². The van der Waals surface area contributed by atoms with Gasteiger partial charge in [0.2, 0.25) is 0 Å². The molecule has 0 fully saturated rings. The Morgan fingerprint density at radius 1 is 1.67 bits per heavy atom. The highest BCUT2D eigenvalue weighted by Crippen LogP contribution is 2.11. The van der Waals surface area contributed by atoms with Crippen molar-refractivity contribution in [3.8, 4) is 0 Å². The summed E-state index contributed by atoms with van der Waals surface area (Å²) in [6.45, 7) is 7.15. The van der Waals surface area contributed by atoms with Crippen LogP contribution in [0.25, 0.3) is 0 Å². The van der Waals surface area contributed by atoms with Gasteiger partial charge in [-0.1, -0.05) is 19.9 Å². The Hall–Kier alpha value is -0.590. The summed E-state index contributed by atoms with van der Waals surface area (Å²) < 4.78 is 12.5. The minimum atomic E-state index is -0.170. The molecule has 0 nitrogen and oxygen atoms in total. The van der Waals surface area contributed by atoms with Crippen LogP contribution in [0.2, 0.25) is 0 Å². The molecule has 0 heterocycles. The molecular weight excluding hydrogens is 115 g/mol. The number of allylic oxidation sites excluding steroid dienone is 3. The monoisotopic (exact) mass is 128 g/mol. The van der Waals surface area contributed by atoms with Crippen molar-refractivity contribution >= 4 is 0 Å². The highest BCUT2D eigenvalue weighted by Gasteiger charge is 1.93. The van der Waals surface area contributed by atoms with Gasteiger partial charge < -0.3 is 0 Å². The molecule has 0 rings (SSSR count). The molecule has 9 heavy (non-hydrogen) atoms. The molecule has 1 heteroatoms. The molecule has 0 bridgehead atoms. The average Bonchev–Trinajstić information content (AvgIpc) is 1.87. The zero-order valence-corrected chi connectivity index (χ0v) is 6.08. The van der Waals surface area contributed by atoms with Crippen LogP contribution in [0.3, 0.4) is 0 Å². The predicted octanol–water partition coefficient (Wildman–Crippen LogP) is 3.22. The molecule has 0 saturated heterocycles.